The minimum atomic E-state index is -3.69. The van der Waals surface area contributed by atoms with E-state index in [0.29, 0.717) is 0 Å². The highest BCUT2D eigenvalue weighted by Crippen LogP contribution is 2.28. The molecule has 0 radical (unpaired) electrons. The van der Waals surface area contributed by atoms with Gasteiger partial charge in [-0.25, -0.2) is 8.42 Å². The lowest BCUT2D eigenvalue weighted by atomic mass is 9.96. The Morgan fingerprint density at radius 2 is 1.03 bits per heavy atom. The van der Waals surface area contributed by atoms with E-state index in [1.807, 2.05) is 92.7 Å². The van der Waals surface area contributed by atoms with Crippen molar-refractivity contribution < 1.29 is 8.42 Å². The van der Waals surface area contributed by atoms with Gasteiger partial charge in [0, 0.05) is 0 Å². The third kappa shape index (κ3) is 4.93. The molecule has 0 heterocycles. The summed E-state index contributed by atoms with van der Waals surface area (Å²) in [6.45, 7) is 3.96. The molecule has 156 valence electrons. The number of aryl methyl sites for hydroxylation is 2. The van der Waals surface area contributed by atoms with Gasteiger partial charge in [-0.1, -0.05) is 102 Å². The first-order valence-corrected chi connectivity index (χ1v) is 11.7. The lowest BCUT2D eigenvalue weighted by Crippen LogP contribution is -2.29. The van der Waals surface area contributed by atoms with Crippen molar-refractivity contribution in [2.75, 3.05) is 0 Å². The summed E-state index contributed by atoms with van der Waals surface area (Å²) >= 11 is 0. The monoisotopic (exact) mass is 427 g/mol. The van der Waals surface area contributed by atoms with Crippen LogP contribution in [-0.2, 0) is 10.0 Å². The molecule has 0 bridgehead atoms. The topological polar surface area (TPSA) is 46.2 Å². The third-order valence-electron chi connectivity index (χ3n) is 5.37. The maximum atomic E-state index is 13.1. The van der Waals surface area contributed by atoms with Crippen molar-refractivity contribution in [2.24, 2.45) is 0 Å². The number of nitrogens with one attached hydrogen (secondary N) is 1. The van der Waals surface area contributed by atoms with Crippen LogP contribution in [0.3, 0.4) is 0 Å². The minimum Gasteiger partial charge on any atom is -0.207 e. The van der Waals surface area contributed by atoms with Gasteiger partial charge in [0.1, 0.15) is 0 Å². The van der Waals surface area contributed by atoms with Crippen molar-refractivity contribution in [3.8, 4) is 11.1 Å². The fraction of sp³-hybridized carbons (Fsp3) is 0.111. The number of rotatable bonds is 6. The molecule has 0 aliphatic rings. The van der Waals surface area contributed by atoms with E-state index in [1.165, 1.54) is 0 Å². The van der Waals surface area contributed by atoms with Crippen LogP contribution in [0, 0.1) is 13.8 Å². The van der Waals surface area contributed by atoms with E-state index in [1.54, 1.807) is 12.1 Å². The highest BCUT2D eigenvalue weighted by Gasteiger charge is 2.23. The van der Waals surface area contributed by atoms with Crippen LogP contribution in [-0.4, -0.2) is 8.42 Å². The van der Waals surface area contributed by atoms with Crippen LogP contribution < -0.4 is 4.72 Å². The number of hydrogen-bond donors (Lipinski definition) is 1. The van der Waals surface area contributed by atoms with Crippen LogP contribution in [0.2, 0.25) is 0 Å². The van der Waals surface area contributed by atoms with Crippen molar-refractivity contribution in [1.29, 1.82) is 0 Å². The van der Waals surface area contributed by atoms with Gasteiger partial charge in [-0.3, -0.25) is 0 Å². The fourth-order valence-corrected chi connectivity index (χ4v) is 4.74. The van der Waals surface area contributed by atoms with Crippen molar-refractivity contribution in [3.05, 3.63) is 125 Å². The van der Waals surface area contributed by atoms with Crippen molar-refractivity contribution in [2.45, 2.75) is 24.8 Å². The molecule has 0 aromatic heterocycles. The largest absolute Gasteiger partial charge is 0.241 e. The molecule has 4 aromatic rings. The highest BCUT2D eigenvalue weighted by molar-refractivity contribution is 7.89. The van der Waals surface area contributed by atoms with E-state index in [9.17, 15) is 8.42 Å². The van der Waals surface area contributed by atoms with Gasteiger partial charge in [0.2, 0.25) is 10.0 Å². The molecular formula is C27H25NO2S. The summed E-state index contributed by atoms with van der Waals surface area (Å²) < 4.78 is 29.2. The number of hydrogen-bond acceptors (Lipinski definition) is 2. The van der Waals surface area contributed by atoms with Gasteiger partial charge in [0.25, 0.3) is 0 Å². The zero-order chi connectivity index (χ0) is 21.8. The molecule has 1 N–H and O–H groups in total. The molecule has 31 heavy (non-hydrogen) atoms. The number of sulfonamides is 1. The Kier molecular flexibility index (Phi) is 6.03. The molecule has 4 rings (SSSR count). The van der Waals surface area contributed by atoms with Crippen LogP contribution in [0.5, 0.6) is 0 Å². The Labute approximate surface area is 184 Å². The third-order valence-corrected chi connectivity index (χ3v) is 6.80. The molecule has 3 nitrogen and oxygen atoms in total. The second kappa shape index (κ2) is 8.88. The molecule has 0 aliphatic carbocycles. The Bertz CT molecular complexity index is 1250. The van der Waals surface area contributed by atoms with Gasteiger partial charge in [-0.2, -0.15) is 4.72 Å². The van der Waals surface area contributed by atoms with E-state index >= 15 is 0 Å². The lowest BCUT2D eigenvalue weighted by molar-refractivity contribution is 0.572. The van der Waals surface area contributed by atoms with Gasteiger partial charge in [-0.15, -0.1) is 0 Å². The molecule has 0 aliphatic heterocycles. The van der Waals surface area contributed by atoms with Gasteiger partial charge in [0.15, 0.2) is 0 Å². The van der Waals surface area contributed by atoms with Crippen LogP contribution in [0.25, 0.3) is 11.1 Å². The minimum absolute atomic E-state index is 0.260. The second-order valence-electron chi connectivity index (χ2n) is 7.77. The molecule has 1 unspecified atom stereocenters. The summed E-state index contributed by atoms with van der Waals surface area (Å²) in [5.41, 5.74) is 6.15. The zero-order valence-corrected chi connectivity index (χ0v) is 18.4. The number of benzene rings is 4. The molecule has 0 amide bonds. The van der Waals surface area contributed by atoms with Crippen molar-refractivity contribution in [3.63, 3.8) is 0 Å². The van der Waals surface area contributed by atoms with Crippen LogP contribution >= 0.6 is 0 Å². The SMILES string of the molecule is Cc1ccc(C(NS(=O)(=O)c2ccc(C)cc2)c2ccc(-c3ccccc3)cc2)cc1. The molecule has 1 atom stereocenters. The second-order valence-corrected chi connectivity index (χ2v) is 9.48. The van der Waals surface area contributed by atoms with Crippen LogP contribution in [0.4, 0.5) is 0 Å². The van der Waals surface area contributed by atoms with Gasteiger partial charge < -0.3 is 0 Å². The standard InChI is InChI=1S/C27H25NO2S/c1-20-8-12-24(13-9-20)27(28-31(29,30)26-18-10-21(2)11-19-26)25-16-14-23(15-17-25)22-6-4-3-5-7-22/h3-19,27-28H,1-2H3. The van der Waals surface area contributed by atoms with Gasteiger partial charge in [0.05, 0.1) is 10.9 Å². The normalized spacial score (nSPS) is 12.5. The summed E-state index contributed by atoms with van der Waals surface area (Å²) in [5.74, 6) is 0. The molecule has 4 heteroatoms. The zero-order valence-electron chi connectivity index (χ0n) is 17.6. The highest BCUT2D eigenvalue weighted by atomic mass is 32.2. The van der Waals surface area contributed by atoms with Crippen molar-refractivity contribution in [1.82, 2.24) is 4.72 Å². The average Bonchev–Trinajstić information content (AvgIpc) is 2.79. The predicted octanol–water partition coefficient (Wildman–Crippen LogP) is 6.04. The Morgan fingerprint density at radius 1 is 0.581 bits per heavy atom. The summed E-state index contributed by atoms with van der Waals surface area (Å²) in [5, 5.41) is 0. The molecule has 0 spiro atoms. The van der Waals surface area contributed by atoms with E-state index in [0.717, 1.165) is 33.4 Å². The van der Waals surface area contributed by atoms with E-state index in [2.05, 4.69) is 16.9 Å². The fourth-order valence-electron chi connectivity index (χ4n) is 3.53. The molecular weight excluding hydrogens is 402 g/mol. The summed E-state index contributed by atoms with van der Waals surface area (Å²) in [7, 11) is -3.69. The summed E-state index contributed by atoms with van der Waals surface area (Å²) in [6, 6.07) is 32.5. The molecule has 0 saturated heterocycles. The van der Waals surface area contributed by atoms with Gasteiger partial charge in [-0.05, 0) is 48.2 Å². The maximum absolute atomic E-state index is 13.1. The Morgan fingerprint density at radius 3 is 1.58 bits per heavy atom. The van der Waals surface area contributed by atoms with Crippen LogP contribution in [0.15, 0.2) is 108 Å². The first-order chi connectivity index (χ1) is 14.9. The van der Waals surface area contributed by atoms with E-state index in [4.69, 9.17) is 0 Å². The van der Waals surface area contributed by atoms with E-state index < -0.39 is 16.1 Å². The smallest absolute Gasteiger partial charge is 0.207 e. The first kappa shape index (κ1) is 21.0. The van der Waals surface area contributed by atoms with Crippen LogP contribution in [0.1, 0.15) is 28.3 Å². The predicted molar refractivity (Wildman–Crippen MR) is 126 cm³/mol. The summed E-state index contributed by atoms with van der Waals surface area (Å²) in [4.78, 5) is 0.260. The molecule has 0 saturated carbocycles. The maximum Gasteiger partial charge on any atom is 0.241 e. The average molecular weight is 428 g/mol. The van der Waals surface area contributed by atoms with E-state index in [-0.39, 0.29) is 4.90 Å². The Hall–Kier alpha value is -3.21. The van der Waals surface area contributed by atoms with Crippen molar-refractivity contribution >= 4 is 10.0 Å². The molecule has 0 fully saturated rings. The van der Waals surface area contributed by atoms with Gasteiger partial charge >= 0.3 is 0 Å². The summed E-state index contributed by atoms with van der Waals surface area (Å²) in [6.07, 6.45) is 0. The Balaban J connectivity index is 1.71. The molecule has 4 aromatic carbocycles. The first-order valence-electron chi connectivity index (χ1n) is 10.2. The lowest BCUT2D eigenvalue weighted by Gasteiger charge is -2.21. The quantitative estimate of drug-likeness (QED) is 0.408.